The average molecular weight is 293 g/mol. The van der Waals surface area contributed by atoms with E-state index in [4.69, 9.17) is 23.2 Å². The Morgan fingerprint density at radius 3 is 2.50 bits per heavy atom. The monoisotopic (exact) mass is 292 g/mol. The van der Waals surface area contributed by atoms with Crippen LogP contribution >= 0.6 is 23.2 Å². The number of rotatable bonds is 5. The minimum atomic E-state index is 0.287. The second kappa shape index (κ2) is 7.11. The van der Waals surface area contributed by atoms with Gasteiger partial charge in [0.2, 0.25) is 0 Å². The van der Waals surface area contributed by atoms with Gasteiger partial charge < -0.3 is 5.11 Å². The number of nitrogens with zero attached hydrogens (tertiary/aromatic N) is 2. The van der Waals surface area contributed by atoms with E-state index in [1.54, 1.807) is 0 Å². The Morgan fingerprint density at radius 1 is 1.17 bits per heavy atom. The van der Waals surface area contributed by atoms with Crippen molar-refractivity contribution >= 4 is 23.2 Å². The molecule has 2 heterocycles. The van der Waals surface area contributed by atoms with Crippen LogP contribution in [0.5, 0.6) is 0 Å². The zero-order valence-corrected chi connectivity index (χ0v) is 12.2. The molecule has 2 fully saturated rings. The highest BCUT2D eigenvalue weighted by Gasteiger charge is 2.31. The predicted molar refractivity (Wildman–Crippen MR) is 76.1 cm³/mol. The lowest BCUT2D eigenvalue weighted by Crippen LogP contribution is -2.43. The van der Waals surface area contributed by atoms with Crippen LogP contribution in [-0.4, -0.2) is 59.8 Å². The Balaban J connectivity index is 1.87. The van der Waals surface area contributed by atoms with E-state index in [-0.39, 0.29) is 6.61 Å². The number of likely N-dealkylation sites (tertiary alicyclic amines) is 2. The Kier molecular flexibility index (Phi) is 5.77. The van der Waals surface area contributed by atoms with Crippen molar-refractivity contribution in [2.24, 2.45) is 0 Å². The van der Waals surface area contributed by atoms with Gasteiger partial charge in [-0.2, -0.15) is 0 Å². The topological polar surface area (TPSA) is 26.7 Å². The summed E-state index contributed by atoms with van der Waals surface area (Å²) in [6, 6.07) is 0.925. The van der Waals surface area contributed by atoms with Crippen molar-refractivity contribution in [2.45, 2.75) is 37.8 Å². The third kappa shape index (κ3) is 3.61. The number of hydrogen-bond donors (Lipinski definition) is 1. The van der Waals surface area contributed by atoms with Gasteiger partial charge in [-0.3, -0.25) is 9.80 Å². The van der Waals surface area contributed by atoms with Gasteiger partial charge in [0.05, 0.1) is 6.61 Å². The number of aliphatic hydroxyl groups is 1. The molecule has 2 saturated heterocycles. The van der Waals surface area contributed by atoms with Crippen LogP contribution in [0.4, 0.5) is 0 Å². The molecule has 3 nitrogen and oxygen atoms in total. The van der Waals surface area contributed by atoms with Gasteiger partial charge in [0, 0.05) is 35.7 Å². The first-order valence-electron chi connectivity index (χ1n) is 6.78. The maximum absolute atomic E-state index is 9.36. The molecule has 0 aromatic rings. The van der Waals surface area contributed by atoms with Gasteiger partial charge in [0.1, 0.15) is 0 Å². The molecule has 0 spiro atoms. The van der Waals surface area contributed by atoms with E-state index < -0.39 is 0 Å². The quantitative estimate of drug-likeness (QED) is 0.842. The normalized spacial score (nSPS) is 31.4. The van der Waals surface area contributed by atoms with Crippen LogP contribution in [0.3, 0.4) is 0 Å². The van der Waals surface area contributed by atoms with Crippen LogP contribution in [0.25, 0.3) is 0 Å². The van der Waals surface area contributed by atoms with E-state index in [0.29, 0.717) is 17.1 Å². The van der Waals surface area contributed by atoms with Gasteiger partial charge >= 0.3 is 0 Å². The van der Waals surface area contributed by atoms with Gasteiger partial charge in [-0.25, -0.2) is 0 Å². The molecule has 2 aliphatic heterocycles. The summed E-state index contributed by atoms with van der Waals surface area (Å²) in [5.74, 6) is 0. The summed E-state index contributed by atoms with van der Waals surface area (Å²) in [6.45, 7) is 4.32. The van der Waals surface area contributed by atoms with Crippen molar-refractivity contribution in [2.75, 3.05) is 32.8 Å². The molecular formula is C13H22Cl2N2O. The van der Waals surface area contributed by atoms with Crippen LogP contribution in [0, 0.1) is 0 Å². The minimum Gasteiger partial charge on any atom is -0.395 e. The number of hydrogen-bond acceptors (Lipinski definition) is 3. The smallest absolute Gasteiger partial charge is 0.0586 e. The van der Waals surface area contributed by atoms with Crippen LogP contribution in [-0.2, 0) is 0 Å². The molecule has 0 bridgehead atoms. The highest BCUT2D eigenvalue weighted by atomic mass is 35.5. The van der Waals surface area contributed by atoms with E-state index in [2.05, 4.69) is 9.80 Å². The molecule has 2 rings (SSSR count). The Hall–Kier alpha value is 0.200. The summed E-state index contributed by atoms with van der Waals surface area (Å²) in [5.41, 5.74) is 1.46. The fraction of sp³-hybridized carbons (Fsp3) is 0.846. The second-order valence-electron chi connectivity index (χ2n) is 5.30. The maximum Gasteiger partial charge on any atom is 0.0586 e. The fourth-order valence-corrected chi connectivity index (χ4v) is 3.37. The van der Waals surface area contributed by atoms with Gasteiger partial charge in [0.25, 0.3) is 0 Å². The van der Waals surface area contributed by atoms with Crippen molar-refractivity contribution in [3.63, 3.8) is 0 Å². The van der Waals surface area contributed by atoms with E-state index in [9.17, 15) is 5.11 Å². The van der Waals surface area contributed by atoms with Crippen molar-refractivity contribution in [1.82, 2.24) is 9.80 Å². The highest BCUT2D eigenvalue weighted by Crippen LogP contribution is 2.24. The molecule has 2 unspecified atom stereocenters. The van der Waals surface area contributed by atoms with Crippen molar-refractivity contribution in [1.29, 1.82) is 0 Å². The molecule has 18 heavy (non-hydrogen) atoms. The van der Waals surface area contributed by atoms with Crippen LogP contribution in [0.15, 0.2) is 10.6 Å². The molecule has 2 atom stereocenters. The first kappa shape index (κ1) is 14.6. The Bertz CT molecular complexity index is 299. The van der Waals surface area contributed by atoms with Gasteiger partial charge in [0.15, 0.2) is 0 Å². The SMILES string of the molecule is OCC1CCCN1CC1CCCN1CC(Cl)=CCl. The van der Waals surface area contributed by atoms with E-state index in [0.717, 1.165) is 32.6 Å². The molecule has 0 aliphatic carbocycles. The third-order valence-corrected chi connectivity index (χ3v) is 4.73. The van der Waals surface area contributed by atoms with Crippen LogP contribution < -0.4 is 0 Å². The van der Waals surface area contributed by atoms with Crippen LogP contribution in [0.2, 0.25) is 0 Å². The lowest BCUT2D eigenvalue weighted by molar-refractivity contribution is 0.126. The zero-order chi connectivity index (χ0) is 13.0. The molecule has 0 aromatic carbocycles. The zero-order valence-electron chi connectivity index (χ0n) is 10.7. The third-order valence-electron chi connectivity index (χ3n) is 4.13. The van der Waals surface area contributed by atoms with Gasteiger partial charge in [-0.05, 0) is 38.8 Å². The lowest BCUT2D eigenvalue weighted by atomic mass is 10.2. The summed E-state index contributed by atoms with van der Waals surface area (Å²) < 4.78 is 0. The summed E-state index contributed by atoms with van der Waals surface area (Å²) in [6.07, 6.45) is 4.79. The predicted octanol–water partition coefficient (Wildman–Crippen LogP) is 2.23. The number of aliphatic hydroxyl groups excluding tert-OH is 1. The van der Waals surface area contributed by atoms with E-state index >= 15 is 0 Å². The molecule has 0 amide bonds. The molecule has 2 aliphatic rings. The molecular weight excluding hydrogens is 271 g/mol. The first-order valence-corrected chi connectivity index (χ1v) is 7.59. The van der Waals surface area contributed by atoms with E-state index in [1.807, 2.05) is 0 Å². The van der Waals surface area contributed by atoms with Crippen LogP contribution in [0.1, 0.15) is 25.7 Å². The molecule has 5 heteroatoms. The number of halogens is 2. The molecule has 0 radical (unpaired) electrons. The van der Waals surface area contributed by atoms with Crippen molar-refractivity contribution < 1.29 is 5.11 Å². The Labute approximate surface area is 119 Å². The first-order chi connectivity index (χ1) is 8.74. The standard InChI is InChI=1S/C13H22Cl2N2O/c14-7-11(15)8-16-5-1-3-12(16)9-17-6-2-4-13(17)10-18/h7,12-13,18H,1-6,8-10H2. The second-order valence-corrected chi connectivity index (χ2v) is 6.00. The molecule has 0 saturated carbocycles. The van der Waals surface area contributed by atoms with Crippen molar-refractivity contribution in [3.8, 4) is 0 Å². The summed E-state index contributed by atoms with van der Waals surface area (Å²) in [7, 11) is 0. The summed E-state index contributed by atoms with van der Waals surface area (Å²) in [5, 5.41) is 10.1. The average Bonchev–Trinajstić information content (AvgIpc) is 2.99. The minimum absolute atomic E-state index is 0.287. The maximum atomic E-state index is 9.36. The Morgan fingerprint density at radius 2 is 1.83 bits per heavy atom. The fourth-order valence-electron chi connectivity index (χ4n) is 3.15. The highest BCUT2D eigenvalue weighted by molar-refractivity contribution is 6.36. The van der Waals surface area contributed by atoms with E-state index in [1.165, 1.54) is 24.8 Å². The van der Waals surface area contributed by atoms with Gasteiger partial charge in [-0.1, -0.05) is 23.2 Å². The summed E-state index contributed by atoms with van der Waals surface area (Å²) in [4.78, 5) is 4.84. The van der Waals surface area contributed by atoms with Gasteiger partial charge in [-0.15, -0.1) is 0 Å². The lowest BCUT2D eigenvalue weighted by Gasteiger charge is -2.31. The van der Waals surface area contributed by atoms with Crippen molar-refractivity contribution in [3.05, 3.63) is 10.6 Å². The molecule has 0 aromatic heterocycles. The summed E-state index contributed by atoms with van der Waals surface area (Å²) >= 11 is 11.6. The molecule has 1 N–H and O–H groups in total. The largest absolute Gasteiger partial charge is 0.395 e. The molecule has 104 valence electrons.